The number of carbonyl (C=O) groups excluding carboxylic acids is 2. The second-order valence-corrected chi connectivity index (χ2v) is 5.21. The lowest BCUT2D eigenvalue weighted by molar-refractivity contribution is -0.123. The number of aldehydes is 1. The van der Waals surface area contributed by atoms with Crippen molar-refractivity contribution in [3.63, 3.8) is 0 Å². The summed E-state index contributed by atoms with van der Waals surface area (Å²) in [5, 5.41) is 0. The Morgan fingerprint density at radius 3 is 2.47 bits per heavy atom. The number of hydrogen-bond acceptors (Lipinski definition) is 2. The lowest BCUT2D eigenvalue weighted by Gasteiger charge is -2.10. The van der Waals surface area contributed by atoms with Gasteiger partial charge in [-0.2, -0.15) is 0 Å². The van der Waals surface area contributed by atoms with Gasteiger partial charge in [-0.25, -0.2) is 0 Å². The molecule has 2 rings (SSSR count). The molecule has 3 heteroatoms. The van der Waals surface area contributed by atoms with Gasteiger partial charge in [0.2, 0.25) is 0 Å². The topological polar surface area (TPSA) is 34.1 Å². The van der Waals surface area contributed by atoms with Gasteiger partial charge < -0.3 is 4.79 Å². The molecule has 0 saturated carbocycles. The van der Waals surface area contributed by atoms with Gasteiger partial charge in [0.1, 0.15) is 6.29 Å². The molecule has 1 atom stereocenters. The smallest absolute Gasteiger partial charge is 0.151 e. The van der Waals surface area contributed by atoms with Gasteiger partial charge >= 0.3 is 0 Å². The molecule has 0 fully saturated rings. The van der Waals surface area contributed by atoms with Crippen LogP contribution in [0.25, 0.3) is 0 Å². The second-order valence-electron chi connectivity index (χ2n) is 4.30. The van der Waals surface area contributed by atoms with E-state index in [-0.39, 0.29) is 12.2 Å². The van der Waals surface area contributed by atoms with Gasteiger partial charge in [0.05, 0.1) is 5.92 Å². The van der Waals surface area contributed by atoms with E-state index in [1.54, 1.807) is 6.07 Å². The maximum absolute atomic E-state index is 12.2. The van der Waals surface area contributed by atoms with Crippen LogP contribution in [0.2, 0.25) is 0 Å². The van der Waals surface area contributed by atoms with Crippen LogP contribution in [0.4, 0.5) is 0 Å². The molecule has 2 nitrogen and oxygen atoms in total. The van der Waals surface area contributed by atoms with E-state index in [2.05, 4.69) is 15.9 Å². The van der Waals surface area contributed by atoms with Crippen molar-refractivity contribution in [1.29, 1.82) is 0 Å². The van der Waals surface area contributed by atoms with Crippen LogP contribution in [0.1, 0.15) is 17.0 Å². The molecule has 2 aromatic rings. The van der Waals surface area contributed by atoms with E-state index >= 15 is 0 Å². The average Bonchev–Trinajstić information content (AvgIpc) is 2.41. The number of ketones is 1. The minimum atomic E-state index is -0.697. The van der Waals surface area contributed by atoms with Crippen molar-refractivity contribution in [3.05, 3.63) is 70.2 Å². The van der Waals surface area contributed by atoms with Gasteiger partial charge in [-0.15, -0.1) is 0 Å². The normalized spacial score (nSPS) is 11.8. The number of Topliss-reactive ketones (excluding diaryl/α,β-unsaturated/α-hetero) is 1. The van der Waals surface area contributed by atoms with Crippen LogP contribution >= 0.6 is 15.9 Å². The quantitative estimate of drug-likeness (QED) is 0.624. The Bertz CT molecular complexity index is 578. The standard InChI is InChI=1S/C16H13BrO2/c17-14-8-4-7-13(10-14)15(11-18)16(19)9-12-5-2-1-3-6-12/h1-8,10-11,15H,9H2. The summed E-state index contributed by atoms with van der Waals surface area (Å²) in [7, 11) is 0. The van der Waals surface area contributed by atoms with Crippen LogP contribution < -0.4 is 0 Å². The molecule has 0 spiro atoms. The van der Waals surface area contributed by atoms with Crippen LogP contribution in [0.5, 0.6) is 0 Å². The molecule has 0 aliphatic heterocycles. The molecule has 0 aliphatic carbocycles. The third kappa shape index (κ3) is 3.61. The van der Waals surface area contributed by atoms with Gasteiger partial charge in [0.25, 0.3) is 0 Å². The Kier molecular flexibility index (Phi) is 4.63. The zero-order valence-electron chi connectivity index (χ0n) is 10.3. The molecule has 0 saturated heterocycles. The molecule has 19 heavy (non-hydrogen) atoms. The Morgan fingerprint density at radius 1 is 1.11 bits per heavy atom. The summed E-state index contributed by atoms with van der Waals surface area (Å²) in [6, 6.07) is 16.8. The van der Waals surface area contributed by atoms with Gasteiger partial charge in [-0.3, -0.25) is 4.79 Å². The molecule has 0 aliphatic rings. The number of hydrogen-bond donors (Lipinski definition) is 0. The molecular formula is C16H13BrO2. The van der Waals surface area contributed by atoms with Crippen molar-refractivity contribution in [2.24, 2.45) is 0 Å². The van der Waals surface area contributed by atoms with E-state index in [0.717, 1.165) is 15.6 Å². The maximum atomic E-state index is 12.2. The highest BCUT2D eigenvalue weighted by Crippen LogP contribution is 2.20. The summed E-state index contributed by atoms with van der Waals surface area (Å²) in [4.78, 5) is 23.4. The maximum Gasteiger partial charge on any atom is 0.151 e. The summed E-state index contributed by atoms with van der Waals surface area (Å²) in [5.41, 5.74) is 1.65. The monoisotopic (exact) mass is 316 g/mol. The molecule has 0 aromatic heterocycles. The number of halogens is 1. The molecular weight excluding hydrogens is 304 g/mol. The van der Waals surface area contributed by atoms with Crippen molar-refractivity contribution in [2.45, 2.75) is 12.3 Å². The molecule has 96 valence electrons. The van der Waals surface area contributed by atoms with Gasteiger partial charge in [-0.1, -0.05) is 58.4 Å². The number of rotatable bonds is 5. The predicted molar refractivity (Wildman–Crippen MR) is 78.1 cm³/mol. The number of benzene rings is 2. The van der Waals surface area contributed by atoms with E-state index < -0.39 is 5.92 Å². The van der Waals surface area contributed by atoms with Crippen LogP contribution in [0.15, 0.2) is 59.1 Å². The van der Waals surface area contributed by atoms with E-state index in [4.69, 9.17) is 0 Å². The van der Waals surface area contributed by atoms with Crippen LogP contribution in [-0.4, -0.2) is 12.1 Å². The lowest BCUT2D eigenvalue weighted by Crippen LogP contribution is -2.16. The zero-order chi connectivity index (χ0) is 13.7. The first-order valence-corrected chi connectivity index (χ1v) is 6.77. The zero-order valence-corrected chi connectivity index (χ0v) is 11.8. The summed E-state index contributed by atoms with van der Waals surface area (Å²) < 4.78 is 0.865. The molecule has 1 unspecified atom stereocenters. The highest BCUT2D eigenvalue weighted by Gasteiger charge is 2.20. The van der Waals surface area contributed by atoms with Crippen LogP contribution in [-0.2, 0) is 16.0 Å². The Hall–Kier alpha value is -1.74. The minimum Gasteiger partial charge on any atom is -0.302 e. The fourth-order valence-electron chi connectivity index (χ4n) is 1.95. The summed E-state index contributed by atoms with van der Waals surface area (Å²) in [6.45, 7) is 0. The molecule has 0 bridgehead atoms. The first-order valence-electron chi connectivity index (χ1n) is 5.98. The molecule has 0 heterocycles. The fourth-order valence-corrected chi connectivity index (χ4v) is 2.36. The van der Waals surface area contributed by atoms with Crippen LogP contribution in [0.3, 0.4) is 0 Å². The third-order valence-corrected chi connectivity index (χ3v) is 3.41. The number of carbonyl (C=O) groups is 2. The van der Waals surface area contributed by atoms with E-state index in [1.165, 1.54) is 0 Å². The first-order chi connectivity index (χ1) is 9.20. The third-order valence-electron chi connectivity index (χ3n) is 2.91. The van der Waals surface area contributed by atoms with Gasteiger partial charge in [0, 0.05) is 10.9 Å². The summed E-state index contributed by atoms with van der Waals surface area (Å²) in [5.74, 6) is -0.781. The fraction of sp³-hybridized carbons (Fsp3) is 0.125. The Labute approximate surface area is 120 Å². The second kappa shape index (κ2) is 6.43. The van der Waals surface area contributed by atoms with Crippen molar-refractivity contribution in [2.75, 3.05) is 0 Å². The Morgan fingerprint density at radius 2 is 1.84 bits per heavy atom. The highest BCUT2D eigenvalue weighted by molar-refractivity contribution is 9.10. The van der Waals surface area contributed by atoms with Crippen molar-refractivity contribution >= 4 is 28.0 Å². The summed E-state index contributed by atoms with van der Waals surface area (Å²) in [6.07, 6.45) is 0.990. The van der Waals surface area contributed by atoms with Gasteiger partial charge in [-0.05, 0) is 23.3 Å². The molecule has 0 radical (unpaired) electrons. The average molecular weight is 317 g/mol. The van der Waals surface area contributed by atoms with E-state index in [1.807, 2.05) is 48.5 Å². The highest BCUT2D eigenvalue weighted by atomic mass is 79.9. The first kappa shape index (κ1) is 13.7. The van der Waals surface area contributed by atoms with Crippen LogP contribution in [0, 0.1) is 0 Å². The predicted octanol–water partition coefficient (Wildman–Crippen LogP) is 3.54. The van der Waals surface area contributed by atoms with Gasteiger partial charge in [0.15, 0.2) is 5.78 Å². The molecule has 2 aromatic carbocycles. The van der Waals surface area contributed by atoms with Crippen molar-refractivity contribution in [3.8, 4) is 0 Å². The Balaban J connectivity index is 2.18. The van der Waals surface area contributed by atoms with E-state index in [0.29, 0.717) is 6.29 Å². The van der Waals surface area contributed by atoms with Crippen molar-refractivity contribution in [1.82, 2.24) is 0 Å². The van der Waals surface area contributed by atoms with E-state index in [9.17, 15) is 9.59 Å². The molecule has 0 N–H and O–H groups in total. The lowest BCUT2D eigenvalue weighted by atomic mass is 9.92. The SMILES string of the molecule is O=CC(C(=O)Cc1ccccc1)c1cccc(Br)c1. The summed E-state index contributed by atoms with van der Waals surface area (Å²) >= 11 is 3.35. The largest absolute Gasteiger partial charge is 0.302 e. The van der Waals surface area contributed by atoms with Crippen molar-refractivity contribution < 1.29 is 9.59 Å². The minimum absolute atomic E-state index is 0.0840. The molecule has 0 amide bonds.